The summed E-state index contributed by atoms with van der Waals surface area (Å²) in [7, 11) is 1.49. The number of fused-ring (bicyclic) bond motifs is 1. The molecule has 0 saturated carbocycles. The van der Waals surface area contributed by atoms with Crippen LogP contribution in [0.1, 0.15) is 10.4 Å². The van der Waals surface area contributed by atoms with E-state index in [4.69, 9.17) is 15.6 Å². The summed E-state index contributed by atoms with van der Waals surface area (Å²) in [6.45, 7) is 0. The number of nitrogen functional groups attached to an aromatic ring is 1. The van der Waals surface area contributed by atoms with Crippen molar-refractivity contribution in [2.24, 2.45) is 0 Å². The normalized spacial score (nSPS) is 10.3. The van der Waals surface area contributed by atoms with Gasteiger partial charge >= 0.3 is 5.97 Å². The molecule has 1 aromatic heterocycles. The molecule has 5 heteroatoms. The average Bonchev–Trinajstić information content (AvgIpc) is 2.28. The Labute approximate surface area is 91.5 Å². The minimum absolute atomic E-state index is 0.0493. The number of hydrogen-bond donors (Lipinski definition) is 2. The Bertz CT molecular complexity index is 566. The molecule has 82 valence electrons. The van der Waals surface area contributed by atoms with E-state index >= 15 is 0 Å². The number of ether oxygens (including phenoxy) is 1. The molecule has 2 aromatic rings. The Morgan fingerprint density at radius 1 is 1.38 bits per heavy atom. The van der Waals surface area contributed by atoms with E-state index in [2.05, 4.69) is 4.98 Å². The van der Waals surface area contributed by atoms with E-state index in [1.807, 2.05) is 0 Å². The van der Waals surface area contributed by atoms with Crippen LogP contribution in [0.25, 0.3) is 10.9 Å². The zero-order chi connectivity index (χ0) is 11.7. The first-order valence-corrected chi connectivity index (χ1v) is 4.60. The van der Waals surface area contributed by atoms with E-state index in [-0.39, 0.29) is 11.3 Å². The largest absolute Gasteiger partial charge is 0.481 e. The van der Waals surface area contributed by atoms with Crippen LogP contribution in [0.2, 0.25) is 0 Å². The van der Waals surface area contributed by atoms with Gasteiger partial charge in [-0.2, -0.15) is 0 Å². The predicted molar refractivity (Wildman–Crippen MR) is 59.7 cm³/mol. The van der Waals surface area contributed by atoms with Gasteiger partial charge in [0, 0.05) is 11.5 Å². The van der Waals surface area contributed by atoms with Crippen LogP contribution >= 0.6 is 0 Å². The number of methoxy groups -OCH3 is 1. The lowest BCUT2D eigenvalue weighted by atomic mass is 10.1. The van der Waals surface area contributed by atoms with Crippen LogP contribution in [-0.2, 0) is 0 Å². The highest BCUT2D eigenvalue weighted by atomic mass is 16.5. The molecule has 1 heterocycles. The molecule has 0 unspecified atom stereocenters. The van der Waals surface area contributed by atoms with Crippen LogP contribution in [0.15, 0.2) is 24.3 Å². The van der Waals surface area contributed by atoms with Crippen LogP contribution in [0.5, 0.6) is 5.88 Å². The fraction of sp³-hybridized carbons (Fsp3) is 0.0909. The zero-order valence-corrected chi connectivity index (χ0v) is 8.60. The maximum atomic E-state index is 10.9. The fourth-order valence-electron chi connectivity index (χ4n) is 1.49. The van der Waals surface area contributed by atoms with Crippen molar-refractivity contribution in [1.82, 2.24) is 4.98 Å². The van der Waals surface area contributed by atoms with Crippen LogP contribution < -0.4 is 10.5 Å². The molecule has 0 aliphatic carbocycles. The van der Waals surface area contributed by atoms with E-state index in [1.54, 1.807) is 18.2 Å². The van der Waals surface area contributed by atoms with Crippen LogP contribution in [0, 0.1) is 0 Å². The summed E-state index contributed by atoms with van der Waals surface area (Å²) in [6.07, 6.45) is 0. The minimum Gasteiger partial charge on any atom is -0.481 e. The lowest BCUT2D eigenvalue weighted by Gasteiger charge is -2.06. The number of anilines is 1. The van der Waals surface area contributed by atoms with Crippen LogP contribution in [0.4, 0.5) is 5.69 Å². The van der Waals surface area contributed by atoms with Gasteiger partial charge in [0.25, 0.3) is 0 Å². The average molecular weight is 218 g/mol. The van der Waals surface area contributed by atoms with Crippen LogP contribution in [0.3, 0.4) is 0 Å². The van der Waals surface area contributed by atoms with E-state index < -0.39 is 5.97 Å². The third kappa shape index (κ3) is 1.52. The van der Waals surface area contributed by atoms with Gasteiger partial charge in [0.2, 0.25) is 5.88 Å². The maximum Gasteiger partial charge on any atom is 0.337 e. The van der Waals surface area contributed by atoms with Gasteiger partial charge in [-0.05, 0) is 12.1 Å². The first-order chi connectivity index (χ1) is 7.63. The second-order valence-corrected chi connectivity index (χ2v) is 3.26. The topological polar surface area (TPSA) is 85.4 Å². The van der Waals surface area contributed by atoms with Crippen molar-refractivity contribution in [3.8, 4) is 5.88 Å². The first-order valence-electron chi connectivity index (χ1n) is 4.60. The molecular weight excluding hydrogens is 208 g/mol. The molecule has 0 amide bonds. The molecule has 0 bridgehead atoms. The lowest BCUT2D eigenvalue weighted by molar-refractivity contribution is 0.0698. The van der Waals surface area contributed by atoms with Crippen molar-refractivity contribution in [2.75, 3.05) is 12.8 Å². The number of nitrogens with zero attached hydrogens (tertiary/aromatic N) is 1. The Morgan fingerprint density at radius 3 is 2.69 bits per heavy atom. The third-order valence-corrected chi connectivity index (χ3v) is 2.32. The molecule has 0 fully saturated rings. The number of carboxylic acid groups (broad SMARTS) is 1. The Kier molecular flexibility index (Phi) is 2.36. The summed E-state index contributed by atoms with van der Waals surface area (Å²) in [4.78, 5) is 15.0. The van der Waals surface area contributed by atoms with Crippen LogP contribution in [-0.4, -0.2) is 23.2 Å². The minimum atomic E-state index is -1.07. The molecule has 0 aliphatic heterocycles. The van der Waals surface area contributed by atoms with E-state index in [0.29, 0.717) is 11.4 Å². The lowest BCUT2D eigenvalue weighted by Crippen LogP contribution is -2.03. The van der Waals surface area contributed by atoms with Crippen molar-refractivity contribution >= 4 is 22.6 Å². The van der Waals surface area contributed by atoms with Crippen molar-refractivity contribution < 1.29 is 14.6 Å². The second-order valence-electron chi connectivity index (χ2n) is 3.26. The summed E-state index contributed by atoms with van der Waals surface area (Å²) in [6, 6.07) is 6.61. The van der Waals surface area contributed by atoms with Gasteiger partial charge in [0.15, 0.2) is 0 Å². The van der Waals surface area contributed by atoms with Crippen molar-refractivity contribution in [3.05, 3.63) is 29.8 Å². The number of nitrogens with two attached hydrogens (primary N) is 1. The number of aromatic carboxylic acids is 1. The molecule has 0 saturated heterocycles. The van der Waals surface area contributed by atoms with Gasteiger partial charge < -0.3 is 15.6 Å². The quantitative estimate of drug-likeness (QED) is 0.746. The number of pyridine rings is 1. The molecule has 2 rings (SSSR count). The molecule has 5 nitrogen and oxygen atoms in total. The monoisotopic (exact) mass is 218 g/mol. The molecule has 0 atom stereocenters. The summed E-state index contributed by atoms with van der Waals surface area (Å²) in [5.74, 6) is -0.661. The maximum absolute atomic E-state index is 10.9. The third-order valence-electron chi connectivity index (χ3n) is 2.32. The Balaban J connectivity index is 2.75. The van der Waals surface area contributed by atoms with E-state index in [9.17, 15) is 4.79 Å². The highest BCUT2D eigenvalue weighted by molar-refractivity contribution is 6.03. The fourth-order valence-corrected chi connectivity index (χ4v) is 1.49. The number of carboxylic acids is 1. The van der Waals surface area contributed by atoms with Gasteiger partial charge in [-0.15, -0.1) is 0 Å². The smallest absolute Gasteiger partial charge is 0.337 e. The van der Waals surface area contributed by atoms with E-state index in [1.165, 1.54) is 13.2 Å². The standard InChI is InChI=1S/C11H10N2O3/c1-16-8-5-3-6-2-4-7(11(14)15)9(12)10(6)13-8/h2-5H,12H2,1H3,(H,14,15). The second kappa shape index (κ2) is 3.69. The summed E-state index contributed by atoms with van der Waals surface area (Å²) < 4.78 is 4.96. The molecule has 1 aromatic carbocycles. The molecular formula is C11H10N2O3. The van der Waals surface area contributed by atoms with Gasteiger partial charge in [-0.25, -0.2) is 9.78 Å². The number of benzene rings is 1. The summed E-state index contributed by atoms with van der Waals surface area (Å²) in [5, 5.41) is 9.69. The molecule has 0 radical (unpaired) electrons. The number of carbonyl (C=O) groups is 1. The molecule has 0 aliphatic rings. The molecule has 0 spiro atoms. The van der Waals surface area contributed by atoms with Crippen molar-refractivity contribution in [1.29, 1.82) is 0 Å². The summed E-state index contributed by atoms with van der Waals surface area (Å²) >= 11 is 0. The predicted octanol–water partition coefficient (Wildman–Crippen LogP) is 1.52. The van der Waals surface area contributed by atoms with E-state index in [0.717, 1.165) is 5.39 Å². The highest BCUT2D eigenvalue weighted by Crippen LogP contribution is 2.25. The van der Waals surface area contributed by atoms with Crippen molar-refractivity contribution in [3.63, 3.8) is 0 Å². The summed E-state index contributed by atoms with van der Waals surface area (Å²) in [5.41, 5.74) is 6.39. The SMILES string of the molecule is COc1ccc2ccc(C(=O)O)c(N)c2n1. The molecule has 3 N–H and O–H groups in total. The highest BCUT2D eigenvalue weighted by Gasteiger charge is 2.12. The van der Waals surface area contributed by atoms with Gasteiger partial charge in [0.1, 0.15) is 0 Å². The number of rotatable bonds is 2. The number of aromatic nitrogens is 1. The Hall–Kier alpha value is -2.30. The molecule has 16 heavy (non-hydrogen) atoms. The first kappa shape index (κ1) is 10.2. The zero-order valence-electron chi connectivity index (χ0n) is 8.60. The van der Waals surface area contributed by atoms with Gasteiger partial charge in [-0.3, -0.25) is 0 Å². The van der Waals surface area contributed by atoms with Gasteiger partial charge in [0.05, 0.1) is 23.9 Å². The van der Waals surface area contributed by atoms with Gasteiger partial charge in [-0.1, -0.05) is 6.07 Å². The Morgan fingerprint density at radius 2 is 2.06 bits per heavy atom. The number of hydrogen-bond acceptors (Lipinski definition) is 4. The van der Waals surface area contributed by atoms with Crippen molar-refractivity contribution in [2.45, 2.75) is 0 Å².